The summed E-state index contributed by atoms with van der Waals surface area (Å²) in [5.41, 5.74) is 0.560. The SMILES string of the molecule is CCCC[C@@H](O)[C@H]1CC[C@H]([C@H]2CC[C@H]([C@H](O)CCCC[C@@H](O)CC3=C[C@H](C)OC3=O)O2)O1. The number of cyclic esters (lactones) is 1. The van der Waals surface area contributed by atoms with Crippen LogP contribution in [0.4, 0.5) is 0 Å². The first-order chi connectivity index (χ1) is 15.4. The number of esters is 1. The lowest BCUT2D eigenvalue weighted by Gasteiger charge is -2.24. The average Bonchev–Trinajstić information content (AvgIpc) is 3.49. The van der Waals surface area contributed by atoms with Crippen LogP contribution >= 0.6 is 0 Å². The minimum absolute atomic E-state index is 0.00156. The van der Waals surface area contributed by atoms with Crippen LogP contribution in [-0.4, -0.2) is 70.1 Å². The summed E-state index contributed by atoms with van der Waals surface area (Å²) >= 11 is 0. The number of rotatable bonds is 13. The van der Waals surface area contributed by atoms with Gasteiger partial charge >= 0.3 is 5.97 Å². The summed E-state index contributed by atoms with van der Waals surface area (Å²) in [6, 6.07) is 0. The zero-order valence-electron chi connectivity index (χ0n) is 19.7. The third-order valence-electron chi connectivity index (χ3n) is 7.03. The maximum absolute atomic E-state index is 11.6. The molecule has 3 N–H and O–H groups in total. The molecular weight excluding hydrogens is 412 g/mol. The van der Waals surface area contributed by atoms with E-state index >= 15 is 0 Å². The van der Waals surface area contributed by atoms with E-state index in [1.807, 2.05) is 6.92 Å². The van der Waals surface area contributed by atoms with Crippen molar-refractivity contribution in [1.29, 1.82) is 0 Å². The molecule has 8 atom stereocenters. The normalized spacial score (nSPS) is 33.2. The van der Waals surface area contributed by atoms with Crippen LogP contribution in [0.2, 0.25) is 0 Å². The summed E-state index contributed by atoms with van der Waals surface area (Å²) < 4.78 is 17.3. The van der Waals surface area contributed by atoms with Gasteiger partial charge in [-0.15, -0.1) is 0 Å². The Labute approximate surface area is 192 Å². The molecule has 0 spiro atoms. The smallest absolute Gasteiger partial charge is 0.334 e. The highest BCUT2D eigenvalue weighted by atomic mass is 16.6. The van der Waals surface area contributed by atoms with Crippen molar-refractivity contribution in [3.8, 4) is 0 Å². The fourth-order valence-electron chi connectivity index (χ4n) is 5.15. The summed E-state index contributed by atoms with van der Waals surface area (Å²) in [6.07, 6.45) is 9.36. The minimum Gasteiger partial charge on any atom is -0.455 e. The lowest BCUT2D eigenvalue weighted by molar-refractivity contribution is -0.139. The average molecular weight is 455 g/mol. The number of unbranched alkanes of at least 4 members (excludes halogenated alkanes) is 2. The molecule has 0 radical (unpaired) electrons. The molecule has 0 amide bonds. The molecule has 7 nitrogen and oxygen atoms in total. The van der Waals surface area contributed by atoms with Crippen molar-refractivity contribution in [2.75, 3.05) is 0 Å². The Hall–Kier alpha value is -0.990. The van der Waals surface area contributed by atoms with Gasteiger partial charge in [0.05, 0.1) is 42.7 Å². The molecule has 2 fully saturated rings. The van der Waals surface area contributed by atoms with Crippen LogP contribution in [0.1, 0.15) is 90.9 Å². The predicted molar refractivity (Wildman–Crippen MR) is 120 cm³/mol. The molecule has 0 saturated carbocycles. The zero-order valence-corrected chi connectivity index (χ0v) is 19.7. The largest absolute Gasteiger partial charge is 0.455 e. The summed E-state index contributed by atoms with van der Waals surface area (Å²) in [7, 11) is 0. The predicted octanol–water partition coefficient (Wildman–Crippen LogP) is 3.18. The van der Waals surface area contributed by atoms with Crippen LogP contribution < -0.4 is 0 Å². The van der Waals surface area contributed by atoms with Crippen LogP contribution in [0.5, 0.6) is 0 Å². The van der Waals surface area contributed by atoms with Crippen molar-refractivity contribution >= 4 is 5.97 Å². The van der Waals surface area contributed by atoms with Gasteiger partial charge < -0.3 is 29.5 Å². The van der Waals surface area contributed by atoms with E-state index in [1.165, 1.54) is 0 Å². The zero-order chi connectivity index (χ0) is 23.1. The first-order valence-corrected chi connectivity index (χ1v) is 12.6. The third-order valence-corrected chi connectivity index (χ3v) is 7.03. The summed E-state index contributed by atoms with van der Waals surface area (Å²) in [6.45, 7) is 3.93. The van der Waals surface area contributed by atoms with E-state index < -0.39 is 18.3 Å². The van der Waals surface area contributed by atoms with Crippen LogP contribution in [0, 0.1) is 0 Å². The van der Waals surface area contributed by atoms with E-state index in [4.69, 9.17) is 14.2 Å². The van der Waals surface area contributed by atoms with Crippen molar-refractivity contribution in [1.82, 2.24) is 0 Å². The maximum atomic E-state index is 11.6. The van der Waals surface area contributed by atoms with Gasteiger partial charge in [-0.3, -0.25) is 0 Å². The van der Waals surface area contributed by atoms with Gasteiger partial charge in [-0.2, -0.15) is 0 Å². The van der Waals surface area contributed by atoms with E-state index in [0.717, 1.165) is 57.8 Å². The molecule has 2 saturated heterocycles. The highest BCUT2D eigenvalue weighted by Gasteiger charge is 2.40. The molecule has 0 unspecified atom stereocenters. The van der Waals surface area contributed by atoms with Crippen LogP contribution in [0.3, 0.4) is 0 Å². The second-order valence-electron chi connectivity index (χ2n) is 9.80. The molecule has 0 aromatic carbocycles. The van der Waals surface area contributed by atoms with Crippen molar-refractivity contribution in [2.45, 2.75) is 140 Å². The molecule has 184 valence electrons. The van der Waals surface area contributed by atoms with E-state index in [2.05, 4.69) is 6.92 Å². The van der Waals surface area contributed by atoms with Crippen molar-refractivity contribution in [2.24, 2.45) is 0 Å². The molecule has 7 heteroatoms. The second kappa shape index (κ2) is 12.5. The number of carbonyl (C=O) groups excluding carboxylic acids is 1. The fourth-order valence-corrected chi connectivity index (χ4v) is 5.15. The Morgan fingerprint density at radius 3 is 2.00 bits per heavy atom. The second-order valence-corrected chi connectivity index (χ2v) is 9.80. The van der Waals surface area contributed by atoms with Crippen LogP contribution in [0.25, 0.3) is 0 Å². The van der Waals surface area contributed by atoms with E-state index in [9.17, 15) is 20.1 Å². The molecule has 32 heavy (non-hydrogen) atoms. The van der Waals surface area contributed by atoms with Gasteiger partial charge in [0, 0.05) is 12.0 Å². The van der Waals surface area contributed by atoms with Gasteiger partial charge in [-0.05, 0) is 57.9 Å². The lowest BCUT2D eigenvalue weighted by atomic mass is 9.99. The minimum atomic E-state index is -0.566. The molecule has 3 rings (SSSR count). The van der Waals surface area contributed by atoms with Gasteiger partial charge in [0.15, 0.2) is 0 Å². The van der Waals surface area contributed by atoms with Crippen molar-refractivity contribution in [3.05, 3.63) is 11.6 Å². The summed E-state index contributed by atoms with van der Waals surface area (Å²) in [5.74, 6) is -0.326. The van der Waals surface area contributed by atoms with E-state index in [0.29, 0.717) is 24.8 Å². The standard InChI is InChI=1S/C25H42O7/c1-3-4-8-19(27)21-10-12-23(31-21)24-13-11-22(32-24)20(28)9-6-5-7-18(26)15-17-14-16(2)30-25(17)29/h14,16,18-24,26-28H,3-13,15H2,1-2H3/t16-,18+,19+,20+,21+,22+,23+,24+/m0/s1. The molecule has 0 bridgehead atoms. The number of ether oxygens (including phenoxy) is 3. The van der Waals surface area contributed by atoms with E-state index in [-0.39, 0.29) is 36.5 Å². The van der Waals surface area contributed by atoms with Gasteiger partial charge in [0.1, 0.15) is 6.10 Å². The van der Waals surface area contributed by atoms with Gasteiger partial charge in [-0.25, -0.2) is 4.79 Å². The Morgan fingerprint density at radius 1 is 0.906 bits per heavy atom. The number of aliphatic hydroxyl groups is 3. The first-order valence-electron chi connectivity index (χ1n) is 12.6. The van der Waals surface area contributed by atoms with Crippen LogP contribution in [0.15, 0.2) is 11.6 Å². The summed E-state index contributed by atoms with van der Waals surface area (Å²) in [4.78, 5) is 11.6. The third kappa shape index (κ3) is 7.26. The number of hydrogen-bond donors (Lipinski definition) is 3. The topological polar surface area (TPSA) is 105 Å². The first kappa shape index (κ1) is 25.6. The van der Waals surface area contributed by atoms with Crippen molar-refractivity contribution in [3.63, 3.8) is 0 Å². The lowest BCUT2D eigenvalue weighted by Crippen LogP contribution is -2.33. The van der Waals surface area contributed by atoms with Crippen LogP contribution in [-0.2, 0) is 19.0 Å². The van der Waals surface area contributed by atoms with E-state index in [1.54, 1.807) is 6.08 Å². The molecule has 0 aliphatic carbocycles. The monoisotopic (exact) mass is 454 g/mol. The fraction of sp³-hybridized carbons (Fsp3) is 0.880. The molecule has 3 aliphatic heterocycles. The highest BCUT2D eigenvalue weighted by molar-refractivity contribution is 5.90. The number of hydrogen-bond acceptors (Lipinski definition) is 7. The quantitative estimate of drug-likeness (QED) is 0.290. The van der Waals surface area contributed by atoms with Gasteiger partial charge in [0.25, 0.3) is 0 Å². The Kier molecular flexibility index (Phi) is 9.98. The molecule has 0 aromatic heterocycles. The Bertz CT molecular complexity index is 621. The number of carbonyl (C=O) groups is 1. The highest BCUT2D eigenvalue weighted by Crippen LogP contribution is 2.34. The molecule has 0 aromatic rings. The molecular formula is C25H42O7. The molecule has 3 aliphatic rings. The Morgan fingerprint density at radius 2 is 1.47 bits per heavy atom. The molecule has 3 heterocycles. The Balaban J connectivity index is 1.29. The maximum Gasteiger partial charge on any atom is 0.334 e. The number of aliphatic hydroxyl groups excluding tert-OH is 3. The van der Waals surface area contributed by atoms with Gasteiger partial charge in [-0.1, -0.05) is 32.6 Å². The summed E-state index contributed by atoms with van der Waals surface area (Å²) in [5, 5.41) is 31.0. The van der Waals surface area contributed by atoms with Gasteiger partial charge in [0.2, 0.25) is 0 Å². The van der Waals surface area contributed by atoms with Crippen molar-refractivity contribution < 1.29 is 34.3 Å².